The molecule has 0 bridgehead atoms. The van der Waals surface area contributed by atoms with E-state index in [9.17, 15) is 4.79 Å². The number of ether oxygens (including phenoxy) is 1. The second kappa shape index (κ2) is 7.18. The van der Waals surface area contributed by atoms with Crippen molar-refractivity contribution >= 4 is 10.9 Å². The van der Waals surface area contributed by atoms with Crippen molar-refractivity contribution in [3.05, 3.63) is 82.4 Å². The van der Waals surface area contributed by atoms with Gasteiger partial charge in [-0.15, -0.1) is 0 Å². The zero-order valence-electron chi connectivity index (χ0n) is 16.1. The molecule has 1 N–H and O–H groups in total. The average molecular weight is 387 g/mol. The highest BCUT2D eigenvalue weighted by Crippen LogP contribution is 2.29. The molecule has 7 heteroatoms. The molecule has 29 heavy (non-hydrogen) atoms. The Bertz CT molecular complexity index is 1240. The quantitative estimate of drug-likeness (QED) is 0.582. The zero-order chi connectivity index (χ0) is 19.8. The van der Waals surface area contributed by atoms with Crippen molar-refractivity contribution in [3.63, 3.8) is 0 Å². The van der Waals surface area contributed by atoms with Gasteiger partial charge in [-0.2, -0.15) is 0 Å². The maximum atomic E-state index is 12.7. The molecule has 0 atom stereocenters. The summed E-state index contributed by atoms with van der Waals surface area (Å²) in [5.74, 6) is 1.07. The van der Waals surface area contributed by atoms with Gasteiger partial charge in [0.2, 0.25) is 0 Å². The summed E-state index contributed by atoms with van der Waals surface area (Å²) in [5, 5.41) is 4.69. The monoisotopic (exact) mass is 387 g/mol. The Balaban J connectivity index is 1.45. The molecule has 1 aromatic carbocycles. The number of hydrogen-bond donors (Lipinski definition) is 1. The molecule has 1 aliphatic rings. The van der Waals surface area contributed by atoms with Crippen molar-refractivity contribution in [2.75, 3.05) is 6.54 Å². The summed E-state index contributed by atoms with van der Waals surface area (Å²) in [4.78, 5) is 20.9. The summed E-state index contributed by atoms with van der Waals surface area (Å²) >= 11 is 0. The van der Waals surface area contributed by atoms with Gasteiger partial charge in [-0.05, 0) is 29.8 Å². The first-order valence-corrected chi connectivity index (χ1v) is 9.63. The third-order valence-electron chi connectivity index (χ3n) is 5.42. The van der Waals surface area contributed by atoms with Gasteiger partial charge in [0.1, 0.15) is 12.4 Å². The zero-order valence-corrected chi connectivity index (χ0v) is 16.1. The van der Waals surface area contributed by atoms with Crippen LogP contribution in [0.3, 0.4) is 0 Å². The van der Waals surface area contributed by atoms with Crippen LogP contribution < -0.4 is 15.6 Å². The van der Waals surface area contributed by atoms with Crippen molar-refractivity contribution < 1.29 is 4.74 Å². The van der Waals surface area contributed by atoms with E-state index in [-0.39, 0.29) is 12.2 Å². The highest BCUT2D eigenvalue weighted by molar-refractivity contribution is 5.87. The van der Waals surface area contributed by atoms with Crippen molar-refractivity contribution in [3.8, 4) is 11.4 Å². The summed E-state index contributed by atoms with van der Waals surface area (Å²) in [6.45, 7) is 2.11. The topological polar surface area (TPSA) is 74.0 Å². The minimum Gasteiger partial charge on any atom is -0.485 e. The number of pyridine rings is 1. The lowest BCUT2D eigenvalue weighted by Crippen LogP contribution is -2.24. The molecule has 146 valence electrons. The molecule has 3 aromatic heterocycles. The molecule has 1 aliphatic heterocycles. The predicted molar refractivity (Wildman–Crippen MR) is 110 cm³/mol. The van der Waals surface area contributed by atoms with Crippen LogP contribution in [0.15, 0.2) is 59.8 Å². The minimum absolute atomic E-state index is 0.142. The number of aromatic nitrogens is 4. The average Bonchev–Trinajstić information content (AvgIpc) is 3.05. The second-order valence-electron chi connectivity index (χ2n) is 7.14. The first-order valence-electron chi connectivity index (χ1n) is 9.63. The number of nitrogens with one attached hydrogen (secondary N) is 1. The first kappa shape index (κ1) is 17.6. The van der Waals surface area contributed by atoms with Crippen LogP contribution in [0.5, 0.6) is 5.75 Å². The normalized spacial score (nSPS) is 13.4. The molecule has 0 spiro atoms. The molecule has 5 rings (SSSR count). The lowest BCUT2D eigenvalue weighted by atomic mass is 10.1. The number of hydrogen-bond acceptors (Lipinski definition) is 5. The van der Waals surface area contributed by atoms with E-state index in [0.29, 0.717) is 11.6 Å². The fraction of sp³-hybridized carbons (Fsp3) is 0.227. The van der Waals surface area contributed by atoms with Gasteiger partial charge in [0.15, 0.2) is 5.82 Å². The number of aryl methyl sites for hydroxylation is 1. The van der Waals surface area contributed by atoms with E-state index in [0.717, 1.165) is 30.7 Å². The van der Waals surface area contributed by atoms with Crippen molar-refractivity contribution in [2.45, 2.75) is 19.6 Å². The standard InChI is InChI=1S/C22H21N5O2/c1-26-19-5-9-23-13-18(19)17-4-3-15(11-20(17)26)27-10-6-16(12-22(27)28)29-14-21-24-7-2-8-25-21/h2-4,6-8,10-12,23H,5,9,13-14H2,1H3. The lowest BCUT2D eigenvalue weighted by molar-refractivity contribution is 0.295. The Morgan fingerprint density at radius 3 is 2.86 bits per heavy atom. The molecule has 0 saturated heterocycles. The van der Waals surface area contributed by atoms with Crippen LogP contribution in [0.1, 0.15) is 17.1 Å². The largest absolute Gasteiger partial charge is 0.485 e. The maximum absolute atomic E-state index is 12.7. The molecular weight excluding hydrogens is 366 g/mol. The molecule has 7 nitrogen and oxygen atoms in total. The van der Waals surface area contributed by atoms with Gasteiger partial charge in [-0.25, -0.2) is 9.97 Å². The minimum atomic E-state index is -0.142. The van der Waals surface area contributed by atoms with Crippen molar-refractivity contribution in [1.82, 2.24) is 24.4 Å². The van der Waals surface area contributed by atoms with Gasteiger partial charge < -0.3 is 14.6 Å². The van der Waals surface area contributed by atoms with Gasteiger partial charge in [0.25, 0.3) is 5.56 Å². The molecule has 0 saturated carbocycles. The summed E-state index contributed by atoms with van der Waals surface area (Å²) in [6, 6.07) is 11.2. The van der Waals surface area contributed by atoms with E-state index in [4.69, 9.17) is 4.74 Å². The Hall–Kier alpha value is -3.45. The SMILES string of the molecule is Cn1c2c(c3ccc(-n4ccc(OCc5ncccn5)cc4=O)cc31)CNCC2. The van der Waals surface area contributed by atoms with Gasteiger partial charge >= 0.3 is 0 Å². The summed E-state index contributed by atoms with van der Waals surface area (Å²) < 4.78 is 9.54. The van der Waals surface area contributed by atoms with Crippen LogP contribution >= 0.6 is 0 Å². The van der Waals surface area contributed by atoms with Crippen molar-refractivity contribution in [1.29, 1.82) is 0 Å². The molecule has 4 aromatic rings. The van der Waals surface area contributed by atoms with Crippen LogP contribution in [-0.4, -0.2) is 25.6 Å². The molecule has 0 amide bonds. The van der Waals surface area contributed by atoms with E-state index in [1.54, 1.807) is 35.3 Å². The van der Waals surface area contributed by atoms with Gasteiger partial charge in [-0.1, -0.05) is 6.07 Å². The fourth-order valence-corrected chi connectivity index (χ4v) is 3.96. The van der Waals surface area contributed by atoms with E-state index < -0.39 is 0 Å². The predicted octanol–water partition coefficient (Wildman–Crippen LogP) is 2.34. The van der Waals surface area contributed by atoms with Gasteiger partial charge in [0.05, 0.1) is 11.2 Å². The van der Waals surface area contributed by atoms with Gasteiger partial charge in [-0.3, -0.25) is 9.36 Å². The van der Waals surface area contributed by atoms with Crippen LogP contribution in [0, 0.1) is 0 Å². The highest BCUT2D eigenvalue weighted by Gasteiger charge is 2.18. The highest BCUT2D eigenvalue weighted by atomic mass is 16.5. The second-order valence-corrected chi connectivity index (χ2v) is 7.14. The number of fused-ring (bicyclic) bond motifs is 3. The third kappa shape index (κ3) is 3.19. The van der Waals surface area contributed by atoms with Gasteiger partial charge in [0, 0.05) is 62.3 Å². The first-order chi connectivity index (χ1) is 14.2. The summed E-state index contributed by atoms with van der Waals surface area (Å²) in [7, 11) is 2.10. The fourth-order valence-electron chi connectivity index (χ4n) is 3.96. The van der Waals surface area contributed by atoms with Crippen molar-refractivity contribution in [2.24, 2.45) is 7.05 Å². The maximum Gasteiger partial charge on any atom is 0.258 e. The smallest absolute Gasteiger partial charge is 0.258 e. The van der Waals surface area contributed by atoms with E-state index in [1.165, 1.54) is 22.7 Å². The van der Waals surface area contributed by atoms with E-state index in [2.05, 4.69) is 39.0 Å². The third-order valence-corrected chi connectivity index (χ3v) is 5.42. The Morgan fingerprint density at radius 1 is 1.17 bits per heavy atom. The summed E-state index contributed by atoms with van der Waals surface area (Å²) in [5.41, 5.74) is 4.57. The number of rotatable bonds is 4. The summed E-state index contributed by atoms with van der Waals surface area (Å²) in [6.07, 6.45) is 6.09. The van der Waals surface area contributed by atoms with Crippen LogP contribution in [0.25, 0.3) is 16.6 Å². The molecule has 0 unspecified atom stereocenters. The van der Waals surface area contributed by atoms with Crippen LogP contribution in [0.2, 0.25) is 0 Å². The number of nitrogens with zero attached hydrogens (tertiary/aromatic N) is 4. The molecule has 0 fully saturated rings. The molecule has 0 radical (unpaired) electrons. The lowest BCUT2D eigenvalue weighted by Gasteiger charge is -2.14. The Kier molecular flexibility index (Phi) is 4.37. The van der Waals surface area contributed by atoms with Crippen LogP contribution in [0.4, 0.5) is 0 Å². The Morgan fingerprint density at radius 2 is 2.03 bits per heavy atom. The number of benzene rings is 1. The molecule has 4 heterocycles. The van der Waals surface area contributed by atoms with E-state index in [1.807, 2.05) is 6.07 Å². The molecule has 0 aliphatic carbocycles. The van der Waals surface area contributed by atoms with E-state index >= 15 is 0 Å². The molecular formula is C22H21N5O2. The van der Waals surface area contributed by atoms with Crippen LogP contribution in [-0.2, 0) is 26.6 Å². The Labute approximate surface area is 167 Å².